The number of nitrogens with zero attached hydrogens (tertiary/aromatic N) is 2. The minimum atomic E-state index is -0.370. The summed E-state index contributed by atoms with van der Waals surface area (Å²) in [5, 5.41) is 12.7. The van der Waals surface area contributed by atoms with Crippen molar-refractivity contribution in [2.24, 2.45) is 11.8 Å². The SMILES string of the molecule is CC(C)Cn1ccnc(NCC(O)C2CC2)c1=O. The molecule has 0 saturated heterocycles. The molecule has 0 bridgehead atoms. The van der Waals surface area contributed by atoms with Crippen LogP contribution in [0.1, 0.15) is 26.7 Å². The fraction of sp³-hybridized carbons (Fsp3) is 0.692. The van der Waals surface area contributed by atoms with Gasteiger partial charge in [0.2, 0.25) is 0 Å². The van der Waals surface area contributed by atoms with E-state index < -0.39 is 0 Å². The van der Waals surface area contributed by atoms with E-state index in [9.17, 15) is 9.90 Å². The predicted molar refractivity (Wildman–Crippen MR) is 70.6 cm³/mol. The van der Waals surface area contributed by atoms with Crippen molar-refractivity contribution in [1.29, 1.82) is 0 Å². The van der Waals surface area contributed by atoms with Gasteiger partial charge < -0.3 is 15.0 Å². The van der Waals surface area contributed by atoms with Gasteiger partial charge in [-0.15, -0.1) is 0 Å². The number of aliphatic hydroxyl groups is 1. The van der Waals surface area contributed by atoms with E-state index >= 15 is 0 Å². The molecule has 1 aromatic rings. The average Bonchev–Trinajstić information content (AvgIpc) is 3.13. The van der Waals surface area contributed by atoms with Gasteiger partial charge in [0, 0.05) is 25.5 Å². The van der Waals surface area contributed by atoms with E-state index in [4.69, 9.17) is 0 Å². The third kappa shape index (κ3) is 3.32. The first-order chi connectivity index (χ1) is 8.58. The molecule has 100 valence electrons. The smallest absolute Gasteiger partial charge is 0.293 e. The summed E-state index contributed by atoms with van der Waals surface area (Å²) in [5.41, 5.74) is -0.116. The van der Waals surface area contributed by atoms with Crippen LogP contribution in [0.25, 0.3) is 0 Å². The minimum absolute atomic E-state index is 0.116. The molecule has 5 heteroatoms. The van der Waals surface area contributed by atoms with Gasteiger partial charge in [0.1, 0.15) is 0 Å². The van der Waals surface area contributed by atoms with Gasteiger partial charge in [-0.2, -0.15) is 0 Å². The Balaban J connectivity index is 2.01. The first-order valence-electron chi connectivity index (χ1n) is 6.55. The lowest BCUT2D eigenvalue weighted by atomic mass is 10.2. The first-order valence-corrected chi connectivity index (χ1v) is 6.55. The Bertz CT molecular complexity index is 452. The molecule has 1 saturated carbocycles. The summed E-state index contributed by atoms with van der Waals surface area (Å²) >= 11 is 0. The van der Waals surface area contributed by atoms with Crippen LogP contribution < -0.4 is 10.9 Å². The van der Waals surface area contributed by atoms with Crippen molar-refractivity contribution in [3.05, 3.63) is 22.7 Å². The Hall–Kier alpha value is -1.36. The number of anilines is 1. The zero-order chi connectivity index (χ0) is 13.1. The highest BCUT2D eigenvalue weighted by Crippen LogP contribution is 2.32. The molecule has 1 aliphatic carbocycles. The van der Waals surface area contributed by atoms with Crippen molar-refractivity contribution in [1.82, 2.24) is 9.55 Å². The van der Waals surface area contributed by atoms with E-state index in [-0.39, 0.29) is 11.7 Å². The second-order valence-corrected chi connectivity index (χ2v) is 5.41. The summed E-state index contributed by atoms with van der Waals surface area (Å²) in [5.74, 6) is 1.15. The van der Waals surface area contributed by atoms with Crippen LogP contribution >= 0.6 is 0 Å². The maximum Gasteiger partial charge on any atom is 0.293 e. The molecule has 5 nitrogen and oxygen atoms in total. The van der Waals surface area contributed by atoms with Gasteiger partial charge in [-0.3, -0.25) is 4.79 Å². The highest BCUT2D eigenvalue weighted by molar-refractivity contribution is 5.31. The quantitative estimate of drug-likeness (QED) is 0.794. The third-order valence-electron chi connectivity index (χ3n) is 3.12. The van der Waals surface area contributed by atoms with Crippen LogP contribution in [0.5, 0.6) is 0 Å². The van der Waals surface area contributed by atoms with Crippen LogP contribution in [0.15, 0.2) is 17.2 Å². The molecule has 1 unspecified atom stereocenters. The van der Waals surface area contributed by atoms with Crippen LogP contribution in [-0.4, -0.2) is 27.3 Å². The van der Waals surface area contributed by atoms with Crippen molar-refractivity contribution in [3.8, 4) is 0 Å². The van der Waals surface area contributed by atoms with E-state index in [0.717, 1.165) is 12.8 Å². The zero-order valence-electron chi connectivity index (χ0n) is 11.0. The number of aliphatic hydroxyl groups excluding tert-OH is 1. The van der Waals surface area contributed by atoms with Gasteiger partial charge in [-0.25, -0.2) is 4.98 Å². The largest absolute Gasteiger partial charge is 0.391 e. The number of rotatable bonds is 6. The molecule has 1 aromatic heterocycles. The van der Waals surface area contributed by atoms with Crippen molar-refractivity contribution >= 4 is 5.82 Å². The lowest BCUT2D eigenvalue weighted by molar-refractivity contribution is 0.164. The Morgan fingerprint density at radius 3 is 2.89 bits per heavy atom. The van der Waals surface area contributed by atoms with Crippen LogP contribution in [0.2, 0.25) is 0 Å². The molecule has 2 rings (SSSR count). The molecule has 1 aliphatic rings. The maximum absolute atomic E-state index is 12.1. The van der Waals surface area contributed by atoms with Gasteiger partial charge in [-0.1, -0.05) is 13.8 Å². The lowest BCUT2D eigenvalue weighted by Gasteiger charge is -2.13. The number of nitrogens with one attached hydrogen (secondary N) is 1. The molecule has 0 aliphatic heterocycles. The minimum Gasteiger partial charge on any atom is -0.391 e. The van der Waals surface area contributed by atoms with Gasteiger partial charge in [0.05, 0.1) is 6.10 Å². The lowest BCUT2D eigenvalue weighted by Crippen LogP contribution is -2.29. The second kappa shape index (κ2) is 5.52. The fourth-order valence-corrected chi connectivity index (χ4v) is 1.95. The molecule has 1 fully saturated rings. The number of hydrogen-bond donors (Lipinski definition) is 2. The van der Waals surface area contributed by atoms with Crippen molar-refractivity contribution in [2.45, 2.75) is 39.3 Å². The summed E-state index contributed by atoms with van der Waals surface area (Å²) in [7, 11) is 0. The number of aromatic nitrogens is 2. The van der Waals surface area contributed by atoms with E-state index in [1.165, 1.54) is 0 Å². The summed E-state index contributed by atoms with van der Waals surface area (Å²) in [6, 6.07) is 0. The summed E-state index contributed by atoms with van der Waals surface area (Å²) < 4.78 is 1.66. The topological polar surface area (TPSA) is 67.2 Å². The molecule has 0 radical (unpaired) electrons. The van der Waals surface area contributed by atoms with Crippen molar-refractivity contribution in [3.63, 3.8) is 0 Å². The maximum atomic E-state index is 12.1. The third-order valence-corrected chi connectivity index (χ3v) is 3.12. The normalized spacial score (nSPS) is 16.9. The molecular formula is C13H21N3O2. The van der Waals surface area contributed by atoms with Crippen LogP contribution in [0.3, 0.4) is 0 Å². The van der Waals surface area contributed by atoms with Crippen molar-refractivity contribution < 1.29 is 5.11 Å². The molecule has 0 aromatic carbocycles. The molecule has 1 heterocycles. The van der Waals surface area contributed by atoms with Gasteiger partial charge in [-0.05, 0) is 24.7 Å². The summed E-state index contributed by atoms with van der Waals surface area (Å²) in [4.78, 5) is 16.1. The van der Waals surface area contributed by atoms with Crippen LogP contribution in [0, 0.1) is 11.8 Å². The fourth-order valence-electron chi connectivity index (χ4n) is 1.95. The van der Waals surface area contributed by atoms with E-state index in [1.807, 2.05) is 0 Å². The molecular weight excluding hydrogens is 230 g/mol. The van der Waals surface area contributed by atoms with E-state index in [0.29, 0.717) is 30.7 Å². The summed E-state index contributed by atoms with van der Waals surface area (Å²) in [6.45, 7) is 5.22. The first kappa shape index (κ1) is 13.1. The Kier molecular flexibility index (Phi) is 4.01. The Labute approximate surface area is 107 Å². The summed E-state index contributed by atoms with van der Waals surface area (Å²) in [6.07, 6.45) is 5.12. The second-order valence-electron chi connectivity index (χ2n) is 5.41. The van der Waals surface area contributed by atoms with E-state index in [1.54, 1.807) is 17.0 Å². The molecule has 2 N–H and O–H groups in total. The van der Waals surface area contributed by atoms with E-state index in [2.05, 4.69) is 24.1 Å². The standard InChI is InChI=1S/C13H21N3O2/c1-9(2)8-16-6-5-14-12(13(16)18)15-7-11(17)10-3-4-10/h5-6,9-11,17H,3-4,7-8H2,1-2H3,(H,14,15). The predicted octanol–water partition coefficient (Wildman–Crippen LogP) is 1.08. The molecule has 0 amide bonds. The molecule has 0 spiro atoms. The monoisotopic (exact) mass is 251 g/mol. The van der Waals surface area contributed by atoms with Crippen LogP contribution in [-0.2, 0) is 6.54 Å². The average molecular weight is 251 g/mol. The molecule has 1 atom stereocenters. The molecule has 18 heavy (non-hydrogen) atoms. The zero-order valence-corrected chi connectivity index (χ0v) is 11.0. The Morgan fingerprint density at radius 1 is 1.56 bits per heavy atom. The van der Waals surface area contributed by atoms with Crippen molar-refractivity contribution in [2.75, 3.05) is 11.9 Å². The van der Waals surface area contributed by atoms with Gasteiger partial charge in [0.25, 0.3) is 5.56 Å². The number of hydrogen-bond acceptors (Lipinski definition) is 4. The highest BCUT2D eigenvalue weighted by atomic mass is 16.3. The van der Waals surface area contributed by atoms with Crippen LogP contribution in [0.4, 0.5) is 5.82 Å². The Morgan fingerprint density at radius 2 is 2.28 bits per heavy atom. The van der Waals surface area contributed by atoms with Gasteiger partial charge in [0.15, 0.2) is 5.82 Å². The highest BCUT2D eigenvalue weighted by Gasteiger charge is 2.29. The van der Waals surface area contributed by atoms with Gasteiger partial charge >= 0.3 is 0 Å².